The number of carbonyl (C=O) groups is 2. The fraction of sp³-hybridized carbons (Fsp3) is 0.524. The molecule has 1 amide bonds. The van der Waals surface area contributed by atoms with Crippen molar-refractivity contribution in [3.8, 4) is 0 Å². The van der Waals surface area contributed by atoms with E-state index in [1.54, 1.807) is 34.0 Å². The van der Waals surface area contributed by atoms with Crippen molar-refractivity contribution in [3.05, 3.63) is 41.6 Å². The predicted octanol–water partition coefficient (Wildman–Crippen LogP) is 3.90. The van der Waals surface area contributed by atoms with Crippen LogP contribution in [-0.2, 0) is 9.53 Å². The molecule has 0 bridgehead atoms. The second-order valence-corrected chi connectivity index (χ2v) is 8.22. The molecule has 6 nitrogen and oxygen atoms in total. The first kappa shape index (κ1) is 22.5. The summed E-state index contributed by atoms with van der Waals surface area (Å²) in [5, 5.41) is 13.0. The normalized spacial score (nSPS) is 13.7. The number of amides is 1. The topological polar surface area (TPSA) is 78.9 Å². The zero-order chi connectivity index (χ0) is 21.0. The summed E-state index contributed by atoms with van der Waals surface area (Å²) in [7, 11) is 3.23. The Morgan fingerprint density at radius 1 is 1.19 bits per heavy atom. The molecule has 1 aromatic carbocycles. The van der Waals surface area contributed by atoms with E-state index < -0.39 is 29.1 Å². The SMILES string of the molecule is CN/C=C(\c1ccccc1C)C(C)(C)[C@@H](C(=O)O)N(C)C(=O)OC(C)(C)C. The van der Waals surface area contributed by atoms with E-state index in [0.29, 0.717) is 0 Å². The highest BCUT2D eigenvalue weighted by Crippen LogP contribution is 2.40. The second-order valence-electron chi connectivity index (χ2n) is 8.22. The van der Waals surface area contributed by atoms with Gasteiger partial charge in [-0.15, -0.1) is 0 Å². The summed E-state index contributed by atoms with van der Waals surface area (Å²) >= 11 is 0. The van der Waals surface area contributed by atoms with Crippen LogP contribution in [0.3, 0.4) is 0 Å². The van der Waals surface area contributed by atoms with Gasteiger partial charge < -0.3 is 15.2 Å². The van der Waals surface area contributed by atoms with Crippen LogP contribution in [0.4, 0.5) is 4.79 Å². The van der Waals surface area contributed by atoms with E-state index >= 15 is 0 Å². The van der Waals surface area contributed by atoms with Crippen LogP contribution in [0.2, 0.25) is 0 Å². The first-order valence-electron chi connectivity index (χ1n) is 8.95. The minimum absolute atomic E-state index is 0.670. The third kappa shape index (κ3) is 5.49. The number of nitrogens with zero attached hydrogens (tertiary/aromatic N) is 1. The maximum atomic E-state index is 12.5. The van der Waals surface area contributed by atoms with Crippen molar-refractivity contribution >= 4 is 17.6 Å². The maximum Gasteiger partial charge on any atom is 0.410 e. The molecule has 0 heterocycles. The molecule has 0 aliphatic heterocycles. The van der Waals surface area contributed by atoms with E-state index in [2.05, 4.69) is 5.32 Å². The van der Waals surface area contributed by atoms with Crippen molar-refractivity contribution in [1.29, 1.82) is 0 Å². The fourth-order valence-corrected chi connectivity index (χ4v) is 3.18. The smallest absolute Gasteiger partial charge is 0.410 e. The second kappa shape index (κ2) is 8.46. The van der Waals surface area contributed by atoms with Gasteiger partial charge in [0.1, 0.15) is 11.6 Å². The summed E-state index contributed by atoms with van der Waals surface area (Å²) in [6.07, 6.45) is 1.12. The lowest BCUT2D eigenvalue weighted by molar-refractivity contribution is -0.145. The zero-order valence-electron chi connectivity index (χ0n) is 17.6. The minimum Gasteiger partial charge on any atom is -0.480 e. The van der Waals surface area contributed by atoms with Gasteiger partial charge in [0.25, 0.3) is 0 Å². The molecule has 0 aliphatic rings. The highest BCUT2D eigenvalue weighted by Gasteiger charge is 2.44. The summed E-state index contributed by atoms with van der Waals surface area (Å²) in [6.45, 7) is 10.9. The molecule has 27 heavy (non-hydrogen) atoms. The van der Waals surface area contributed by atoms with E-state index in [-0.39, 0.29) is 0 Å². The van der Waals surface area contributed by atoms with Crippen molar-refractivity contribution in [3.63, 3.8) is 0 Å². The summed E-state index contributed by atoms with van der Waals surface area (Å²) < 4.78 is 5.38. The predicted molar refractivity (Wildman–Crippen MR) is 107 cm³/mol. The molecule has 0 saturated carbocycles. The molecule has 0 radical (unpaired) electrons. The number of likely N-dealkylation sites (N-methyl/N-ethyl adjacent to an activating group) is 1. The van der Waals surface area contributed by atoms with Gasteiger partial charge in [-0.2, -0.15) is 0 Å². The molecule has 0 saturated heterocycles. The van der Waals surface area contributed by atoms with Crippen molar-refractivity contribution in [1.82, 2.24) is 10.2 Å². The van der Waals surface area contributed by atoms with Gasteiger partial charge in [0.05, 0.1) is 0 Å². The average molecular weight is 376 g/mol. The lowest BCUT2D eigenvalue weighted by atomic mass is 9.73. The van der Waals surface area contributed by atoms with Crippen LogP contribution in [0.25, 0.3) is 5.57 Å². The van der Waals surface area contributed by atoms with Gasteiger partial charge in [0.15, 0.2) is 0 Å². The van der Waals surface area contributed by atoms with Crippen LogP contribution in [-0.4, -0.2) is 47.8 Å². The molecule has 0 aliphatic carbocycles. The van der Waals surface area contributed by atoms with E-state index in [1.165, 1.54) is 7.05 Å². The highest BCUT2D eigenvalue weighted by molar-refractivity contribution is 5.86. The van der Waals surface area contributed by atoms with E-state index in [4.69, 9.17) is 4.74 Å². The van der Waals surface area contributed by atoms with Crippen LogP contribution in [0.1, 0.15) is 45.7 Å². The van der Waals surface area contributed by atoms with Crippen molar-refractivity contribution < 1.29 is 19.4 Å². The number of benzene rings is 1. The summed E-state index contributed by atoms with van der Waals surface area (Å²) in [5.41, 5.74) is 1.15. The van der Waals surface area contributed by atoms with E-state index in [1.807, 2.05) is 45.0 Å². The van der Waals surface area contributed by atoms with E-state index in [9.17, 15) is 14.7 Å². The number of rotatable bonds is 6. The third-order valence-corrected chi connectivity index (χ3v) is 4.40. The number of ether oxygens (including phenoxy) is 1. The Balaban J connectivity index is 3.42. The quantitative estimate of drug-likeness (QED) is 0.787. The number of carbonyl (C=O) groups excluding carboxylic acids is 1. The molecule has 0 aromatic heterocycles. The van der Waals surface area contributed by atoms with Gasteiger partial charge in [-0.1, -0.05) is 38.1 Å². The minimum atomic E-state index is -1.12. The maximum absolute atomic E-state index is 12.5. The monoisotopic (exact) mass is 376 g/mol. The number of hydrogen-bond acceptors (Lipinski definition) is 4. The fourth-order valence-electron chi connectivity index (χ4n) is 3.18. The first-order chi connectivity index (χ1) is 12.3. The summed E-state index contributed by atoms with van der Waals surface area (Å²) in [4.78, 5) is 25.9. The number of aryl methyl sites for hydroxylation is 1. The standard InChI is InChI=1S/C21H32N2O4/c1-14-11-9-10-12-15(14)16(13-22-7)21(5,6)17(18(24)25)23(8)19(26)27-20(2,3)4/h9-13,17,22H,1-8H3,(H,24,25)/b16-13+/t17-/m1/s1. The largest absolute Gasteiger partial charge is 0.480 e. The van der Waals surface area contributed by atoms with Gasteiger partial charge in [0, 0.05) is 25.7 Å². The average Bonchev–Trinajstić information content (AvgIpc) is 2.51. The van der Waals surface area contributed by atoms with Crippen LogP contribution in [0.5, 0.6) is 0 Å². The Hall–Kier alpha value is -2.50. The Labute approximate surface area is 162 Å². The van der Waals surface area contributed by atoms with Crippen LogP contribution < -0.4 is 5.32 Å². The van der Waals surface area contributed by atoms with Gasteiger partial charge in [-0.05, 0) is 44.4 Å². The van der Waals surface area contributed by atoms with Crippen LogP contribution in [0, 0.1) is 12.3 Å². The van der Waals surface area contributed by atoms with Crippen LogP contribution >= 0.6 is 0 Å². The summed E-state index contributed by atoms with van der Waals surface area (Å²) in [6, 6.07) is 6.65. The van der Waals surface area contributed by atoms with Gasteiger partial charge >= 0.3 is 12.1 Å². The molecule has 0 spiro atoms. The molecule has 0 unspecified atom stereocenters. The van der Waals surface area contributed by atoms with Crippen molar-refractivity contribution in [2.75, 3.05) is 14.1 Å². The van der Waals surface area contributed by atoms with Gasteiger partial charge in [0.2, 0.25) is 0 Å². The molecule has 150 valence electrons. The number of aliphatic carboxylic acids is 1. The molecule has 2 N–H and O–H groups in total. The molecule has 6 heteroatoms. The lowest BCUT2D eigenvalue weighted by Crippen LogP contribution is -2.52. The zero-order valence-corrected chi connectivity index (χ0v) is 17.6. The molecule has 1 atom stereocenters. The number of carboxylic acid groups (broad SMARTS) is 1. The van der Waals surface area contributed by atoms with Crippen molar-refractivity contribution in [2.24, 2.45) is 5.41 Å². The molecule has 1 rings (SSSR count). The van der Waals surface area contributed by atoms with E-state index in [0.717, 1.165) is 21.6 Å². The molecule has 1 aromatic rings. The number of hydrogen-bond donors (Lipinski definition) is 2. The summed E-state index contributed by atoms with van der Waals surface area (Å²) in [5.74, 6) is -1.09. The Kier molecular flexibility index (Phi) is 7.06. The molecular formula is C21H32N2O4. The number of carboxylic acids is 1. The molecular weight excluding hydrogens is 344 g/mol. The Bertz CT molecular complexity index is 717. The highest BCUT2D eigenvalue weighted by atomic mass is 16.6. The molecule has 0 fully saturated rings. The number of nitrogens with one attached hydrogen (secondary N) is 1. The van der Waals surface area contributed by atoms with Crippen LogP contribution in [0.15, 0.2) is 30.5 Å². The Morgan fingerprint density at radius 3 is 2.19 bits per heavy atom. The van der Waals surface area contributed by atoms with Gasteiger partial charge in [-0.3, -0.25) is 4.90 Å². The van der Waals surface area contributed by atoms with Gasteiger partial charge in [-0.25, -0.2) is 9.59 Å². The first-order valence-corrected chi connectivity index (χ1v) is 8.95. The lowest BCUT2D eigenvalue weighted by Gasteiger charge is -2.40. The third-order valence-electron chi connectivity index (χ3n) is 4.40. The van der Waals surface area contributed by atoms with Crippen molar-refractivity contribution in [2.45, 2.75) is 53.2 Å². The Morgan fingerprint density at radius 2 is 1.74 bits per heavy atom.